The second-order valence-electron chi connectivity index (χ2n) is 3.45. The SMILES string of the molecule is NC1CC(=O)Nc2ccc(O)cc2C1=O. The van der Waals surface area contributed by atoms with Crippen molar-refractivity contribution >= 4 is 17.4 Å². The number of carbonyl (C=O) groups excluding carboxylic acids is 2. The van der Waals surface area contributed by atoms with Crippen molar-refractivity contribution in [2.24, 2.45) is 5.73 Å². The standard InChI is InChI=1S/C10H10N2O3/c11-7-4-9(14)12-8-2-1-5(13)3-6(8)10(7)15/h1-3,7,13H,4,11H2,(H,12,14). The largest absolute Gasteiger partial charge is 0.508 e. The van der Waals surface area contributed by atoms with Crippen LogP contribution in [0, 0.1) is 0 Å². The molecular weight excluding hydrogens is 196 g/mol. The normalized spacial score (nSPS) is 20.5. The first-order valence-electron chi connectivity index (χ1n) is 4.50. The van der Waals surface area contributed by atoms with Crippen LogP contribution >= 0.6 is 0 Å². The molecule has 78 valence electrons. The number of ketones is 1. The average Bonchev–Trinajstić information content (AvgIpc) is 2.27. The fraction of sp³-hybridized carbons (Fsp3) is 0.200. The zero-order valence-corrected chi connectivity index (χ0v) is 7.86. The third-order valence-corrected chi connectivity index (χ3v) is 2.28. The van der Waals surface area contributed by atoms with E-state index in [2.05, 4.69) is 5.32 Å². The monoisotopic (exact) mass is 206 g/mol. The zero-order chi connectivity index (χ0) is 11.0. The topological polar surface area (TPSA) is 92.4 Å². The number of aromatic hydroxyl groups is 1. The van der Waals surface area contributed by atoms with Crippen molar-refractivity contribution in [3.8, 4) is 5.75 Å². The third kappa shape index (κ3) is 1.69. The number of nitrogens with one attached hydrogen (secondary N) is 1. The van der Waals surface area contributed by atoms with Gasteiger partial charge in [-0.2, -0.15) is 0 Å². The van der Waals surface area contributed by atoms with Gasteiger partial charge in [0.1, 0.15) is 5.75 Å². The van der Waals surface area contributed by atoms with Crippen molar-refractivity contribution in [1.29, 1.82) is 0 Å². The van der Waals surface area contributed by atoms with Crippen molar-refractivity contribution in [1.82, 2.24) is 0 Å². The quantitative estimate of drug-likeness (QED) is 0.530. The molecular formula is C10H10N2O3. The lowest BCUT2D eigenvalue weighted by Gasteiger charge is -2.06. The summed E-state index contributed by atoms with van der Waals surface area (Å²) < 4.78 is 0. The molecule has 0 spiro atoms. The molecule has 4 N–H and O–H groups in total. The summed E-state index contributed by atoms with van der Waals surface area (Å²) in [6.45, 7) is 0. The second-order valence-corrected chi connectivity index (χ2v) is 3.45. The van der Waals surface area contributed by atoms with E-state index >= 15 is 0 Å². The molecule has 1 aliphatic rings. The van der Waals surface area contributed by atoms with Gasteiger partial charge in [-0.3, -0.25) is 9.59 Å². The van der Waals surface area contributed by atoms with E-state index in [-0.39, 0.29) is 29.4 Å². The highest BCUT2D eigenvalue weighted by atomic mass is 16.3. The fourth-order valence-electron chi connectivity index (χ4n) is 1.54. The summed E-state index contributed by atoms with van der Waals surface area (Å²) in [7, 11) is 0. The molecule has 2 rings (SSSR count). The molecule has 0 fully saturated rings. The van der Waals surface area contributed by atoms with Gasteiger partial charge in [-0.1, -0.05) is 0 Å². The number of benzene rings is 1. The summed E-state index contributed by atoms with van der Waals surface area (Å²) in [5.74, 6) is -0.648. The van der Waals surface area contributed by atoms with Gasteiger partial charge in [0, 0.05) is 12.0 Å². The van der Waals surface area contributed by atoms with E-state index in [9.17, 15) is 14.7 Å². The molecule has 0 bridgehead atoms. The van der Waals surface area contributed by atoms with Gasteiger partial charge >= 0.3 is 0 Å². The van der Waals surface area contributed by atoms with Gasteiger partial charge in [-0.15, -0.1) is 0 Å². The van der Waals surface area contributed by atoms with Crippen LogP contribution in [-0.4, -0.2) is 22.8 Å². The Hall–Kier alpha value is -1.88. The Kier molecular flexibility index (Phi) is 2.17. The second kappa shape index (κ2) is 3.36. The predicted molar refractivity (Wildman–Crippen MR) is 53.7 cm³/mol. The van der Waals surface area contributed by atoms with Crippen LogP contribution in [0.3, 0.4) is 0 Å². The smallest absolute Gasteiger partial charge is 0.226 e. The summed E-state index contributed by atoms with van der Waals surface area (Å²) in [4.78, 5) is 23.0. The predicted octanol–water partition coefficient (Wildman–Crippen LogP) is 0.244. The van der Waals surface area contributed by atoms with E-state index in [4.69, 9.17) is 5.73 Å². The highest BCUT2D eigenvalue weighted by Gasteiger charge is 2.26. The highest BCUT2D eigenvalue weighted by Crippen LogP contribution is 2.25. The maximum atomic E-state index is 11.7. The van der Waals surface area contributed by atoms with Crippen molar-refractivity contribution in [2.45, 2.75) is 12.5 Å². The van der Waals surface area contributed by atoms with Crippen LogP contribution in [0.1, 0.15) is 16.8 Å². The summed E-state index contributed by atoms with van der Waals surface area (Å²) >= 11 is 0. The van der Waals surface area contributed by atoms with Gasteiger partial charge in [0.15, 0.2) is 5.78 Å². The van der Waals surface area contributed by atoms with Crippen LogP contribution in [0.5, 0.6) is 5.75 Å². The Labute approximate surface area is 85.9 Å². The number of fused-ring (bicyclic) bond motifs is 1. The Bertz CT molecular complexity index is 442. The van der Waals surface area contributed by atoms with Gasteiger partial charge in [-0.25, -0.2) is 0 Å². The molecule has 0 aromatic heterocycles. The molecule has 0 aliphatic carbocycles. The number of phenolic OH excluding ortho intramolecular Hbond substituents is 1. The molecule has 0 saturated heterocycles. The van der Waals surface area contributed by atoms with Crippen LogP contribution in [0.4, 0.5) is 5.69 Å². The molecule has 1 aliphatic heterocycles. The lowest BCUT2D eigenvalue weighted by molar-refractivity contribution is -0.116. The molecule has 1 heterocycles. The summed E-state index contributed by atoms with van der Waals surface area (Å²) in [5, 5.41) is 11.8. The number of Topliss-reactive ketones (excluding diaryl/α,β-unsaturated/α-hetero) is 1. The Morgan fingerprint density at radius 3 is 2.87 bits per heavy atom. The molecule has 1 aromatic carbocycles. The maximum absolute atomic E-state index is 11.7. The molecule has 1 amide bonds. The number of hydrogen-bond donors (Lipinski definition) is 3. The lowest BCUT2D eigenvalue weighted by atomic mass is 10.0. The van der Waals surface area contributed by atoms with Crippen LogP contribution in [0.25, 0.3) is 0 Å². The van der Waals surface area contributed by atoms with Crippen LogP contribution in [0.15, 0.2) is 18.2 Å². The van der Waals surface area contributed by atoms with E-state index in [0.29, 0.717) is 5.69 Å². The maximum Gasteiger partial charge on any atom is 0.226 e. The Balaban J connectivity index is 2.55. The number of anilines is 1. The van der Waals surface area contributed by atoms with E-state index < -0.39 is 6.04 Å². The number of hydrogen-bond acceptors (Lipinski definition) is 4. The van der Waals surface area contributed by atoms with E-state index in [0.717, 1.165) is 0 Å². The molecule has 0 saturated carbocycles. The summed E-state index contributed by atoms with van der Waals surface area (Å²) in [6, 6.07) is 3.36. The number of nitrogens with two attached hydrogens (primary N) is 1. The average molecular weight is 206 g/mol. The number of phenols is 1. The van der Waals surface area contributed by atoms with Gasteiger partial charge in [0.05, 0.1) is 11.7 Å². The summed E-state index contributed by atoms with van der Waals surface area (Å²) in [5.41, 5.74) is 6.20. The number of amides is 1. The molecule has 15 heavy (non-hydrogen) atoms. The van der Waals surface area contributed by atoms with Crippen molar-refractivity contribution in [3.63, 3.8) is 0 Å². The van der Waals surface area contributed by atoms with Gasteiger partial charge < -0.3 is 16.2 Å². The number of carbonyl (C=O) groups is 2. The molecule has 5 heteroatoms. The first-order chi connectivity index (χ1) is 7.08. The van der Waals surface area contributed by atoms with Gasteiger partial charge in [-0.05, 0) is 18.2 Å². The van der Waals surface area contributed by atoms with Crippen molar-refractivity contribution in [2.75, 3.05) is 5.32 Å². The molecule has 0 radical (unpaired) electrons. The molecule has 1 unspecified atom stereocenters. The first-order valence-corrected chi connectivity index (χ1v) is 4.50. The molecule has 1 aromatic rings. The fourth-order valence-corrected chi connectivity index (χ4v) is 1.54. The summed E-state index contributed by atoms with van der Waals surface area (Å²) in [6.07, 6.45) is -0.0335. The third-order valence-electron chi connectivity index (χ3n) is 2.28. The number of rotatable bonds is 0. The Morgan fingerprint density at radius 2 is 2.13 bits per heavy atom. The lowest BCUT2D eigenvalue weighted by Crippen LogP contribution is -2.31. The molecule has 1 atom stereocenters. The van der Waals surface area contributed by atoms with Crippen LogP contribution in [0.2, 0.25) is 0 Å². The first kappa shape index (κ1) is 9.67. The minimum Gasteiger partial charge on any atom is -0.508 e. The Morgan fingerprint density at radius 1 is 1.40 bits per heavy atom. The van der Waals surface area contributed by atoms with Crippen LogP contribution < -0.4 is 11.1 Å². The highest BCUT2D eigenvalue weighted by molar-refractivity contribution is 6.12. The van der Waals surface area contributed by atoms with Crippen molar-refractivity contribution < 1.29 is 14.7 Å². The van der Waals surface area contributed by atoms with E-state index in [1.54, 1.807) is 0 Å². The minimum atomic E-state index is -0.840. The van der Waals surface area contributed by atoms with Gasteiger partial charge in [0.25, 0.3) is 0 Å². The minimum absolute atomic E-state index is 0.0227. The van der Waals surface area contributed by atoms with Crippen LogP contribution in [-0.2, 0) is 4.79 Å². The van der Waals surface area contributed by atoms with E-state index in [1.165, 1.54) is 18.2 Å². The van der Waals surface area contributed by atoms with E-state index in [1.807, 2.05) is 0 Å². The van der Waals surface area contributed by atoms with Gasteiger partial charge in [0.2, 0.25) is 5.91 Å². The zero-order valence-electron chi connectivity index (χ0n) is 7.86. The van der Waals surface area contributed by atoms with Crippen molar-refractivity contribution in [3.05, 3.63) is 23.8 Å². The molecule has 5 nitrogen and oxygen atoms in total.